The van der Waals surface area contributed by atoms with Crippen LogP contribution in [-0.2, 0) is 12.8 Å². The van der Waals surface area contributed by atoms with Gasteiger partial charge in [0.1, 0.15) is 8.07 Å². The Morgan fingerprint density at radius 2 is 0.851 bits per heavy atom. The molecule has 0 saturated carbocycles. The molecule has 0 radical (unpaired) electrons. The summed E-state index contributed by atoms with van der Waals surface area (Å²) in [5, 5.41) is 3.42. The molecule has 0 unspecified atom stereocenters. The predicted octanol–water partition coefficient (Wildman–Crippen LogP) is 18.1. The molecule has 0 N–H and O–H groups in total. The summed E-state index contributed by atoms with van der Waals surface area (Å²) >= 11 is 3.74. The molecule has 0 amide bonds. The zero-order valence-electron chi connectivity index (χ0n) is 41.1. The second-order valence-electron chi connectivity index (χ2n) is 19.4. The Balaban J connectivity index is 1.15. The van der Waals surface area contributed by atoms with E-state index in [-0.39, 0.29) is 0 Å². The van der Waals surface area contributed by atoms with Gasteiger partial charge in [-0.3, -0.25) is 0 Å². The Labute approximate surface area is 411 Å². The molecule has 0 atom stereocenters. The lowest BCUT2D eigenvalue weighted by atomic mass is 9.99. The molecule has 0 fully saturated rings. The van der Waals surface area contributed by atoms with Crippen molar-refractivity contribution in [3.8, 4) is 65.0 Å². The molecule has 0 aliphatic carbocycles. The number of thiophene rings is 2. The maximum absolute atomic E-state index is 5.73. The van der Waals surface area contributed by atoms with Gasteiger partial charge in [-0.05, 0) is 101 Å². The number of benzene rings is 5. The Hall–Kier alpha value is -4.94. The highest BCUT2D eigenvalue weighted by molar-refractivity contribution is 7.19. The van der Waals surface area contributed by atoms with Gasteiger partial charge in [0.05, 0.1) is 22.4 Å². The van der Waals surface area contributed by atoms with Gasteiger partial charge < -0.3 is 0 Å². The molecule has 5 aromatic carbocycles. The van der Waals surface area contributed by atoms with E-state index >= 15 is 0 Å². The number of aryl methyl sites for hydroxylation is 4. The van der Waals surface area contributed by atoms with Crippen LogP contribution in [0, 0.1) is 13.8 Å². The Morgan fingerprint density at radius 3 is 1.37 bits per heavy atom. The minimum absolute atomic E-state index is 0.932. The molecule has 9 rings (SSSR count). The number of rotatable bonds is 21. The lowest BCUT2D eigenvalue weighted by Crippen LogP contribution is -2.55. The zero-order chi connectivity index (χ0) is 46.3. The first-order chi connectivity index (χ1) is 32.8. The fraction of sp³-hybridized carbons (Fsp3) is 0.355. The van der Waals surface area contributed by atoms with Crippen LogP contribution in [0.3, 0.4) is 0 Å². The molecule has 3 aromatic heterocycles. The first-order valence-electron chi connectivity index (χ1n) is 25.8. The number of nitrogens with zero attached hydrogens (tertiary/aromatic N) is 2. The molecule has 344 valence electrons. The predicted molar refractivity (Wildman–Crippen MR) is 298 cm³/mol. The number of unbranched alkanes of at least 4 members (excludes halogenated alkanes) is 10. The SMILES string of the molecule is CCCCCCCC[Si]1(CCCCCCCC)c2cc(C)ccc2-c2ccc(-c3ccc(-c4ccc(-c5ccc(C)s5)c5nc(-c6ccc(CC)cc6)c(-c6ccc(CC)cc6)nc45)s3)cc21. The molecule has 5 heteroatoms. The first kappa shape index (κ1) is 47.1. The minimum Gasteiger partial charge on any atom is -0.243 e. The first-order valence-corrected chi connectivity index (χ1v) is 29.9. The van der Waals surface area contributed by atoms with Crippen LogP contribution in [0.1, 0.15) is 126 Å². The maximum atomic E-state index is 5.73. The summed E-state index contributed by atoms with van der Waals surface area (Å²) in [6, 6.07) is 49.5. The van der Waals surface area contributed by atoms with Crippen molar-refractivity contribution in [1.82, 2.24) is 9.97 Å². The summed E-state index contributed by atoms with van der Waals surface area (Å²) in [6.45, 7) is 13.6. The van der Waals surface area contributed by atoms with Gasteiger partial charge in [-0.2, -0.15) is 0 Å². The van der Waals surface area contributed by atoms with E-state index in [4.69, 9.17) is 9.97 Å². The maximum Gasteiger partial charge on any atom is 0.119 e. The Kier molecular flexibility index (Phi) is 15.2. The quantitative estimate of drug-likeness (QED) is 0.0530. The van der Waals surface area contributed by atoms with Gasteiger partial charge in [0.2, 0.25) is 0 Å². The van der Waals surface area contributed by atoms with Crippen molar-refractivity contribution in [2.75, 3.05) is 0 Å². The molecule has 0 saturated heterocycles. The van der Waals surface area contributed by atoms with Gasteiger partial charge in [0.15, 0.2) is 0 Å². The summed E-state index contributed by atoms with van der Waals surface area (Å²) in [5.74, 6) is 0. The van der Waals surface area contributed by atoms with Gasteiger partial charge >= 0.3 is 0 Å². The standard InChI is InChI=1S/C62H70N2S2Si/c1-7-11-13-15-17-19-39-67(40-20-18-16-14-12-8-2)57-41-43(5)21-32-50(57)51-33-31-49(42-58(51)67)54-37-38-56(66-54)53-35-34-52(55-36-22-44(6)65-55)61-62(53)64-60(48-29-25-46(10-4)26-30-48)59(63-61)47-27-23-45(9-3)24-28-47/h21-38,41-42H,7-20,39-40H2,1-6H3. The molecule has 4 heterocycles. The zero-order valence-corrected chi connectivity index (χ0v) is 43.7. The van der Waals surface area contributed by atoms with E-state index < -0.39 is 8.07 Å². The van der Waals surface area contributed by atoms with Crippen LogP contribution in [0.2, 0.25) is 12.1 Å². The second-order valence-corrected chi connectivity index (χ2v) is 26.0. The van der Waals surface area contributed by atoms with Crippen LogP contribution in [0.5, 0.6) is 0 Å². The van der Waals surface area contributed by atoms with Gasteiger partial charge in [-0.25, -0.2) is 9.97 Å². The average molecular weight is 935 g/mol. The third-order valence-electron chi connectivity index (χ3n) is 14.7. The van der Waals surface area contributed by atoms with Crippen LogP contribution in [-0.4, -0.2) is 18.0 Å². The van der Waals surface area contributed by atoms with E-state index in [0.717, 1.165) is 57.5 Å². The van der Waals surface area contributed by atoms with Crippen molar-refractivity contribution in [3.63, 3.8) is 0 Å². The van der Waals surface area contributed by atoms with E-state index in [1.54, 1.807) is 10.4 Å². The summed E-state index contributed by atoms with van der Waals surface area (Å²) < 4.78 is 0. The van der Waals surface area contributed by atoms with Crippen molar-refractivity contribution in [3.05, 3.63) is 143 Å². The summed E-state index contributed by atoms with van der Waals surface area (Å²) in [6.07, 6.45) is 18.2. The summed E-state index contributed by atoms with van der Waals surface area (Å²) in [7, 11) is -2.03. The molecule has 1 aliphatic heterocycles. The topological polar surface area (TPSA) is 25.8 Å². The van der Waals surface area contributed by atoms with Crippen molar-refractivity contribution in [2.24, 2.45) is 0 Å². The molecule has 1 aliphatic rings. The van der Waals surface area contributed by atoms with Gasteiger partial charge in [-0.15, -0.1) is 22.7 Å². The Morgan fingerprint density at radius 1 is 0.403 bits per heavy atom. The molecule has 0 bridgehead atoms. The highest BCUT2D eigenvalue weighted by Gasteiger charge is 2.44. The van der Waals surface area contributed by atoms with Gasteiger partial charge in [0.25, 0.3) is 0 Å². The monoisotopic (exact) mass is 934 g/mol. The molecule has 2 nitrogen and oxygen atoms in total. The summed E-state index contributed by atoms with van der Waals surface area (Å²) in [5.41, 5.74) is 16.7. The molecular formula is C62H70N2S2Si. The van der Waals surface area contributed by atoms with E-state index in [1.807, 2.05) is 22.7 Å². The van der Waals surface area contributed by atoms with E-state index in [1.165, 1.54) is 142 Å². The lowest BCUT2D eigenvalue weighted by Gasteiger charge is -2.31. The van der Waals surface area contributed by atoms with Gasteiger partial charge in [-0.1, -0.05) is 207 Å². The third kappa shape index (κ3) is 9.98. The van der Waals surface area contributed by atoms with Crippen molar-refractivity contribution >= 4 is 52.2 Å². The number of hydrogen-bond acceptors (Lipinski definition) is 4. The number of fused-ring (bicyclic) bond motifs is 4. The lowest BCUT2D eigenvalue weighted by molar-refractivity contribution is 0.616. The second kappa shape index (κ2) is 21.6. The van der Waals surface area contributed by atoms with Crippen LogP contribution < -0.4 is 10.4 Å². The molecule has 67 heavy (non-hydrogen) atoms. The smallest absolute Gasteiger partial charge is 0.119 e. The highest BCUT2D eigenvalue weighted by Crippen LogP contribution is 2.44. The highest BCUT2D eigenvalue weighted by atomic mass is 32.1. The molecular weight excluding hydrogens is 865 g/mol. The number of aromatic nitrogens is 2. The van der Waals surface area contributed by atoms with E-state index in [2.05, 4.69) is 163 Å². The van der Waals surface area contributed by atoms with Crippen molar-refractivity contribution in [2.45, 2.75) is 144 Å². The van der Waals surface area contributed by atoms with Crippen LogP contribution in [0.25, 0.3) is 76.0 Å². The third-order valence-corrected chi connectivity index (χ3v) is 22.2. The molecule has 0 spiro atoms. The Bertz CT molecular complexity index is 2920. The van der Waals surface area contributed by atoms with Crippen LogP contribution in [0.15, 0.2) is 121 Å². The van der Waals surface area contributed by atoms with Crippen molar-refractivity contribution < 1.29 is 0 Å². The van der Waals surface area contributed by atoms with E-state index in [9.17, 15) is 0 Å². The fourth-order valence-corrected chi connectivity index (χ4v) is 18.4. The minimum atomic E-state index is -2.03. The normalized spacial score (nSPS) is 12.8. The summed E-state index contributed by atoms with van der Waals surface area (Å²) in [4.78, 5) is 16.5. The van der Waals surface area contributed by atoms with E-state index in [0.29, 0.717) is 0 Å². The van der Waals surface area contributed by atoms with Gasteiger partial charge in [0, 0.05) is 41.8 Å². The van der Waals surface area contributed by atoms with Crippen molar-refractivity contribution in [1.29, 1.82) is 0 Å². The average Bonchev–Trinajstić information content (AvgIpc) is 4.10. The fourth-order valence-electron chi connectivity index (χ4n) is 10.8. The molecule has 8 aromatic rings. The number of hydrogen-bond donors (Lipinski definition) is 0. The largest absolute Gasteiger partial charge is 0.243 e. The van der Waals surface area contributed by atoms with Crippen LogP contribution in [0.4, 0.5) is 0 Å². The van der Waals surface area contributed by atoms with Crippen LogP contribution >= 0.6 is 22.7 Å².